The molecule has 1 amide bonds. The lowest BCUT2D eigenvalue weighted by Crippen LogP contribution is -2.30. The van der Waals surface area contributed by atoms with Gasteiger partial charge in [0.1, 0.15) is 17.3 Å². The second-order valence-corrected chi connectivity index (χ2v) is 8.82. The molecule has 0 atom stereocenters. The molecule has 0 radical (unpaired) electrons. The first-order valence-electron chi connectivity index (χ1n) is 11.9. The molecule has 0 aliphatic rings. The molecule has 0 aliphatic carbocycles. The third kappa shape index (κ3) is 7.23. The zero-order valence-corrected chi connectivity index (χ0v) is 20.6. The van der Waals surface area contributed by atoms with Gasteiger partial charge < -0.3 is 19.4 Å². The van der Waals surface area contributed by atoms with E-state index in [1.807, 2.05) is 36.4 Å². The van der Waals surface area contributed by atoms with E-state index in [4.69, 9.17) is 26.1 Å². The fraction of sp³-hybridized carbons (Fsp3) is 0.286. The highest BCUT2D eigenvalue weighted by Crippen LogP contribution is 2.19. The Morgan fingerprint density at radius 3 is 2.63 bits per heavy atom. The fourth-order valence-corrected chi connectivity index (χ4v) is 4.01. The molecule has 1 N–H and O–H groups in total. The van der Waals surface area contributed by atoms with Crippen LogP contribution in [0.15, 0.2) is 72.8 Å². The van der Waals surface area contributed by atoms with Crippen molar-refractivity contribution in [3.8, 4) is 11.5 Å². The second kappa shape index (κ2) is 12.3. The second-order valence-electron chi connectivity index (χ2n) is 8.38. The molecule has 7 heteroatoms. The highest BCUT2D eigenvalue weighted by molar-refractivity contribution is 6.30. The number of rotatable bonds is 12. The standard InChI is InChI=1S/C28H30ClN3O3/c1-21-7-4-8-24(19-21)34-18-6-17-32-26-10-3-2-9-25(26)31-27(32)11-5-16-30-28(33)20-35-23-14-12-22(29)13-15-23/h2-4,7-10,12-15,19H,5-6,11,16-18,20H2,1H3,(H,30,33). The predicted molar refractivity (Wildman–Crippen MR) is 139 cm³/mol. The minimum Gasteiger partial charge on any atom is -0.494 e. The number of hydrogen-bond donors (Lipinski definition) is 1. The van der Waals surface area contributed by atoms with Gasteiger partial charge >= 0.3 is 0 Å². The Kier molecular flexibility index (Phi) is 8.63. The van der Waals surface area contributed by atoms with E-state index in [0.29, 0.717) is 23.9 Å². The number of hydrogen-bond acceptors (Lipinski definition) is 4. The largest absolute Gasteiger partial charge is 0.494 e. The number of fused-ring (bicyclic) bond motifs is 1. The monoisotopic (exact) mass is 491 g/mol. The van der Waals surface area contributed by atoms with Crippen LogP contribution in [0.25, 0.3) is 11.0 Å². The molecule has 0 saturated heterocycles. The summed E-state index contributed by atoms with van der Waals surface area (Å²) < 4.78 is 13.7. The number of carbonyl (C=O) groups excluding carboxylic acids is 1. The fourth-order valence-electron chi connectivity index (χ4n) is 3.89. The van der Waals surface area contributed by atoms with Crippen molar-refractivity contribution in [3.63, 3.8) is 0 Å². The van der Waals surface area contributed by atoms with Crippen LogP contribution >= 0.6 is 11.6 Å². The summed E-state index contributed by atoms with van der Waals surface area (Å²) in [6.45, 7) is 4.05. The van der Waals surface area contributed by atoms with Gasteiger partial charge in [0.2, 0.25) is 0 Å². The predicted octanol–water partition coefficient (Wildman–Crippen LogP) is 5.60. The lowest BCUT2D eigenvalue weighted by molar-refractivity contribution is -0.123. The number of imidazole rings is 1. The Morgan fingerprint density at radius 2 is 1.80 bits per heavy atom. The number of para-hydroxylation sites is 2. The highest BCUT2D eigenvalue weighted by atomic mass is 35.5. The normalized spacial score (nSPS) is 10.9. The van der Waals surface area contributed by atoms with Crippen LogP contribution in [-0.4, -0.2) is 35.2 Å². The summed E-state index contributed by atoms with van der Waals surface area (Å²) in [5.41, 5.74) is 3.30. The van der Waals surface area contributed by atoms with Gasteiger partial charge in [-0.2, -0.15) is 0 Å². The maximum Gasteiger partial charge on any atom is 0.257 e. The topological polar surface area (TPSA) is 65.4 Å². The first-order chi connectivity index (χ1) is 17.1. The van der Waals surface area contributed by atoms with Gasteiger partial charge in [-0.25, -0.2) is 4.98 Å². The van der Waals surface area contributed by atoms with Gasteiger partial charge in [-0.05, 0) is 73.9 Å². The molecule has 6 nitrogen and oxygen atoms in total. The SMILES string of the molecule is Cc1cccc(OCCCn2c(CCCNC(=O)COc3ccc(Cl)cc3)nc3ccccc32)c1. The van der Waals surface area contributed by atoms with Gasteiger partial charge in [0.15, 0.2) is 6.61 Å². The lowest BCUT2D eigenvalue weighted by Gasteiger charge is -2.11. The summed E-state index contributed by atoms with van der Waals surface area (Å²) in [5, 5.41) is 3.55. The number of amides is 1. The molecule has 0 fully saturated rings. The van der Waals surface area contributed by atoms with Crippen molar-refractivity contribution >= 4 is 28.5 Å². The Balaban J connectivity index is 1.25. The lowest BCUT2D eigenvalue weighted by atomic mass is 10.2. The number of nitrogens with one attached hydrogen (secondary N) is 1. The van der Waals surface area contributed by atoms with Crippen molar-refractivity contribution in [1.29, 1.82) is 0 Å². The third-order valence-electron chi connectivity index (χ3n) is 5.60. The first kappa shape index (κ1) is 24.6. The Bertz CT molecular complexity index is 1250. The van der Waals surface area contributed by atoms with E-state index in [0.717, 1.165) is 48.4 Å². The zero-order chi connectivity index (χ0) is 24.5. The summed E-state index contributed by atoms with van der Waals surface area (Å²) in [5.74, 6) is 2.39. The van der Waals surface area contributed by atoms with E-state index in [9.17, 15) is 4.79 Å². The molecular weight excluding hydrogens is 462 g/mol. The first-order valence-corrected chi connectivity index (χ1v) is 12.2. The molecule has 182 valence electrons. The molecule has 0 aliphatic heterocycles. The van der Waals surface area contributed by atoms with Gasteiger partial charge in [0.25, 0.3) is 5.91 Å². The minimum atomic E-state index is -0.151. The van der Waals surface area contributed by atoms with Crippen molar-refractivity contribution < 1.29 is 14.3 Å². The van der Waals surface area contributed by atoms with E-state index >= 15 is 0 Å². The maximum atomic E-state index is 12.1. The van der Waals surface area contributed by atoms with Crippen LogP contribution in [0.1, 0.15) is 24.2 Å². The number of ether oxygens (including phenoxy) is 2. The van der Waals surface area contributed by atoms with Crippen molar-refractivity contribution in [1.82, 2.24) is 14.9 Å². The molecule has 1 aromatic heterocycles. The Hall–Kier alpha value is -3.51. The summed E-state index contributed by atoms with van der Waals surface area (Å²) >= 11 is 5.86. The molecular formula is C28H30ClN3O3. The van der Waals surface area contributed by atoms with Crippen LogP contribution in [0.4, 0.5) is 0 Å². The zero-order valence-electron chi connectivity index (χ0n) is 19.9. The third-order valence-corrected chi connectivity index (χ3v) is 5.85. The van der Waals surface area contributed by atoms with Crippen LogP contribution in [0.2, 0.25) is 5.02 Å². The van der Waals surface area contributed by atoms with Gasteiger partial charge in [-0.1, -0.05) is 35.9 Å². The summed E-state index contributed by atoms with van der Waals surface area (Å²) in [7, 11) is 0. The van der Waals surface area contributed by atoms with Crippen molar-refractivity contribution in [2.75, 3.05) is 19.8 Å². The van der Waals surface area contributed by atoms with Crippen molar-refractivity contribution in [3.05, 3.63) is 89.2 Å². The molecule has 4 aromatic rings. The minimum absolute atomic E-state index is 0.0267. The molecule has 0 saturated carbocycles. The van der Waals surface area contributed by atoms with Crippen LogP contribution in [0.5, 0.6) is 11.5 Å². The number of benzene rings is 3. The van der Waals surface area contributed by atoms with Gasteiger partial charge in [-0.15, -0.1) is 0 Å². The van der Waals surface area contributed by atoms with Gasteiger partial charge in [-0.3, -0.25) is 4.79 Å². The van der Waals surface area contributed by atoms with E-state index in [1.165, 1.54) is 5.56 Å². The average Bonchev–Trinajstić information content (AvgIpc) is 3.21. The van der Waals surface area contributed by atoms with Gasteiger partial charge in [0, 0.05) is 24.5 Å². The molecule has 4 rings (SSSR count). The number of halogens is 1. The number of aromatic nitrogens is 2. The van der Waals surface area contributed by atoms with Gasteiger partial charge in [0.05, 0.1) is 17.6 Å². The quantitative estimate of drug-likeness (QED) is 0.262. The summed E-state index contributed by atoms with van der Waals surface area (Å²) in [6.07, 6.45) is 2.43. The molecule has 3 aromatic carbocycles. The molecule has 0 bridgehead atoms. The Labute approximate surface area is 210 Å². The van der Waals surface area contributed by atoms with E-state index in [1.54, 1.807) is 24.3 Å². The molecule has 0 unspecified atom stereocenters. The maximum absolute atomic E-state index is 12.1. The molecule has 1 heterocycles. The van der Waals surface area contributed by atoms with Crippen LogP contribution in [0, 0.1) is 6.92 Å². The summed E-state index contributed by atoms with van der Waals surface area (Å²) in [4.78, 5) is 17.0. The number of aryl methyl sites for hydroxylation is 3. The smallest absolute Gasteiger partial charge is 0.257 e. The summed E-state index contributed by atoms with van der Waals surface area (Å²) in [6, 6.07) is 23.2. The molecule has 35 heavy (non-hydrogen) atoms. The number of nitrogens with zero attached hydrogens (tertiary/aromatic N) is 2. The van der Waals surface area contributed by atoms with Crippen LogP contribution in [-0.2, 0) is 17.8 Å². The van der Waals surface area contributed by atoms with E-state index in [2.05, 4.69) is 28.9 Å². The van der Waals surface area contributed by atoms with Crippen LogP contribution < -0.4 is 14.8 Å². The van der Waals surface area contributed by atoms with Crippen molar-refractivity contribution in [2.24, 2.45) is 0 Å². The molecule has 0 spiro atoms. The van der Waals surface area contributed by atoms with E-state index in [-0.39, 0.29) is 12.5 Å². The van der Waals surface area contributed by atoms with Crippen molar-refractivity contribution in [2.45, 2.75) is 32.7 Å². The number of carbonyl (C=O) groups is 1. The van der Waals surface area contributed by atoms with Crippen LogP contribution in [0.3, 0.4) is 0 Å². The highest BCUT2D eigenvalue weighted by Gasteiger charge is 2.11. The average molecular weight is 492 g/mol. The van der Waals surface area contributed by atoms with E-state index < -0.39 is 0 Å². The Morgan fingerprint density at radius 1 is 0.971 bits per heavy atom.